The van der Waals surface area contributed by atoms with Crippen LogP contribution in [0.2, 0.25) is 0 Å². The average molecular weight is 424 g/mol. The predicted octanol–water partition coefficient (Wildman–Crippen LogP) is 5.86. The molecule has 1 heterocycles. The lowest BCUT2D eigenvalue weighted by atomic mass is 9.64. The molecule has 166 valence electrons. The smallest absolute Gasteiger partial charge is 0.326 e. The molecule has 4 atom stereocenters. The quantitative estimate of drug-likeness (QED) is 0.371. The monoisotopic (exact) mass is 423 g/mol. The van der Waals surface area contributed by atoms with Crippen LogP contribution < -0.4 is 0 Å². The first-order valence-corrected chi connectivity index (χ1v) is 11.4. The minimum Gasteiger partial charge on any atom is -0.468 e. The molecule has 4 rings (SSSR count). The van der Waals surface area contributed by atoms with Crippen molar-refractivity contribution in [2.45, 2.75) is 76.2 Å². The Kier molecular flexibility index (Phi) is 5.96. The number of rotatable bonds is 5. The van der Waals surface area contributed by atoms with Crippen molar-refractivity contribution in [2.24, 2.45) is 17.0 Å². The lowest BCUT2D eigenvalue weighted by Gasteiger charge is -2.44. The van der Waals surface area contributed by atoms with Crippen molar-refractivity contribution in [3.05, 3.63) is 60.1 Å². The van der Waals surface area contributed by atoms with Crippen molar-refractivity contribution in [2.75, 3.05) is 0 Å². The Morgan fingerprint density at radius 1 is 1.19 bits per heavy atom. The van der Waals surface area contributed by atoms with Crippen molar-refractivity contribution >= 4 is 11.7 Å². The van der Waals surface area contributed by atoms with Gasteiger partial charge in [-0.05, 0) is 61.1 Å². The normalized spacial score (nSPS) is 30.4. The van der Waals surface area contributed by atoms with Gasteiger partial charge in [0.25, 0.3) is 0 Å². The number of ether oxygens (including phenoxy) is 1. The van der Waals surface area contributed by atoms with E-state index in [-0.39, 0.29) is 23.4 Å². The molecule has 5 heteroatoms. The molecule has 1 aromatic heterocycles. The van der Waals surface area contributed by atoms with E-state index in [1.54, 1.807) is 18.4 Å². The maximum Gasteiger partial charge on any atom is 0.326 e. The van der Waals surface area contributed by atoms with Crippen molar-refractivity contribution in [1.29, 1.82) is 0 Å². The third-order valence-electron chi connectivity index (χ3n) is 7.63. The first-order valence-electron chi connectivity index (χ1n) is 11.4. The van der Waals surface area contributed by atoms with E-state index in [1.807, 2.05) is 6.07 Å². The number of furan rings is 1. The van der Waals surface area contributed by atoms with Gasteiger partial charge in [0.1, 0.15) is 11.9 Å². The van der Waals surface area contributed by atoms with Gasteiger partial charge in [0.15, 0.2) is 5.41 Å². The summed E-state index contributed by atoms with van der Waals surface area (Å²) in [5.74, 6) is 0.862. The van der Waals surface area contributed by atoms with Crippen LogP contribution in [0.4, 0.5) is 0 Å². The Hall–Kier alpha value is -2.56. The summed E-state index contributed by atoms with van der Waals surface area (Å²) in [6, 6.07) is 14.0. The van der Waals surface area contributed by atoms with Gasteiger partial charge in [0.05, 0.1) is 12.0 Å². The number of hydrogen-bond donors (Lipinski definition) is 1. The van der Waals surface area contributed by atoms with Crippen LogP contribution in [-0.2, 0) is 20.4 Å². The van der Waals surface area contributed by atoms with Gasteiger partial charge < -0.3 is 14.4 Å². The van der Waals surface area contributed by atoms with Gasteiger partial charge >= 0.3 is 5.97 Å². The number of carbonyl (C=O) groups excluding carboxylic acids is 1. The zero-order valence-electron chi connectivity index (χ0n) is 18.7. The Bertz CT molecular complexity index is 918. The summed E-state index contributed by atoms with van der Waals surface area (Å²) in [6.07, 6.45) is 6.19. The van der Waals surface area contributed by atoms with Crippen molar-refractivity contribution in [3.63, 3.8) is 0 Å². The molecule has 0 saturated heterocycles. The minimum absolute atomic E-state index is 0.131. The minimum atomic E-state index is -1.12. The molecule has 2 saturated carbocycles. The number of esters is 1. The molecular formula is C26H33NO4. The first-order chi connectivity index (χ1) is 14.9. The number of nitrogens with zero attached hydrogens (tertiary/aromatic N) is 1. The van der Waals surface area contributed by atoms with Crippen LogP contribution in [-0.4, -0.2) is 23.0 Å². The number of hydrogen-bond acceptors (Lipinski definition) is 5. The number of carbonyl (C=O) groups is 1. The van der Waals surface area contributed by atoms with Crippen LogP contribution in [0, 0.1) is 11.8 Å². The lowest BCUT2D eigenvalue weighted by Crippen LogP contribution is -2.48. The Morgan fingerprint density at radius 3 is 2.65 bits per heavy atom. The summed E-state index contributed by atoms with van der Waals surface area (Å²) < 4.78 is 12.0. The van der Waals surface area contributed by atoms with Crippen molar-refractivity contribution in [3.8, 4) is 0 Å². The zero-order valence-corrected chi connectivity index (χ0v) is 18.7. The van der Waals surface area contributed by atoms with E-state index in [0.29, 0.717) is 30.2 Å². The van der Waals surface area contributed by atoms with Gasteiger partial charge in [0, 0.05) is 5.92 Å². The van der Waals surface area contributed by atoms with Gasteiger partial charge in [0.2, 0.25) is 0 Å². The molecule has 0 spiro atoms. The molecular weight excluding hydrogens is 390 g/mol. The fourth-order valence-corrected chi connectivity index (χ4v) is 5.73. The highest BCUT2D eigenvalue weighted by Gasteiger charge is 2.54. The van der Waals surface area contributed by atoms with E-state index >= 15 is 0 Å². The largest absolute Gasteiger partial charge is 0.468 e. The Morgan fingerprint density at radius 2 is 1.97 bits per heavy atom. The molecule has 0 amide bonds. The number of benzene rings is 1. The first kappa shape index (κ1) is 21.7. The van der Waals surface area contributed by atoms with E-state index in [1.165, 1.54) is 5.56 Å². The lowest BCUT2D eigenvalue weighted by molar-refractivity contribution is -0.161. The van der Waals surface area contributed by atoms with Crippen LogP contribution in [0.5, 0.6) is 0 Å². The van der Waals surface area contributed by atoms with Crippen molar-refractivity contribution < 1.29 is 19.2 Å². The highest BCUT2D eigenvalue weighted by molar-refractivity contribution is 6.13. The van der Waals surface area contributed by atoms with Crippen molar-refractivity contribution in [1.82, 2.24) is 0 Å². The molecule has 1 aromatic carbocycles. The molecule has 2 aromatic rings. The molecule has 0 bridgehead atoms. The highest BCUT2D eigenvalue weighted by atomic mass is 16.5. The number of oxime groups is 1. The molecule has 1 N–H and O–H groups in total. The molecule has 2 fully saturated rings. The zero-order chi connectivity index (χ0) is 22.1. The third-order valence-corrected chi connectivity index (χ3v) is 7.63. The van der Waals surface area contributed by atoms with Gasteiger partial charge in [-0.15, -0.1) is 0 Å². The summed E-state index contributed by atoms with van der Waals surface area (Å²) in [5, 5.41) is 13.2. The van der Waals surface area contributed by atoms with E-state index < -0.39 is 5.41 Å². The predicted molar refractivity (Wildman–Crippen MR) is 119 cm³/mol. The SMILES string of the molecule is C[C@@H]1CC[C@@H](C(C)(C)c2ccccc2)[C@H](OC(=O)[C@@]2(c3ccco3)CCC/C2=N\O)C1. The molecule has 0 aliphatic heterocycles. The van der Waals surface area contributed by atoms with Crippen LogP contribution >= 0.6 is 0 Å². The second kappa shape index (κ2) is 8.52. The summed E-state index contributed by atoms with van der Waals surface area (Å²) in [5.41, 5.74) is 0.443. The van der Waals surface area contributed by atoms with E-state index in [2.05, 4.69) is 50.2 Å². The summed E-state index contributed by atoms with van der Waals surface area (Å²) in [7, 11) is 0. The standard InChI is InChI=1S/C26H33NO4/c1-18-13-14-20(25(2,3)19-9-5-4-6-10-19)21(17-18)31-24(28)26(23-12-8-16-30-23)15-7-11-22(26)27-29/h4-6,8-10,12,16,18,20-21,29H,7,11,13-15,17H2,1-3H3/b27-22+/t18-,20-,21-,26+/m1/s1. The fourth-order valence-electron chi connectivity index (χ4n) is 5.73. The van der Waals surface area contributed by atoms with Gasteiger partial charge in [-0.2, -0.15) is 0 Å². The van der Waals surface area contributed by atoms with Crippen LogP contribution in [0.15, 0.2) is 58.3 Å². The van der Waals surface area contributed by atoms with E-state index in [4.69, 9.17) is 9.15 Å². The molecule has 5 nitrogen and oxygen atoms in total. The Balaban J connectivity index is 1.66. The second-order valence-electron chi connectivity index (χ2n) is 9.84. The molecule has 2 aliphatic carbocycles. The van der Waals surface area contributed by atoms with E-state index in [9.17, 15) is 10.0 Å². The van der Waals surface area contributed by atoms with Crippen LogP contribution in [0.25, 0.3) is 0 Å². The van der Waals surface area contributed by atoms with Gasteiger partial charge in [-0.25, -0.2) is 0 Å². The second-order valence-corrected chi connectivity index (χ2v) is 9.84. The maximum absolute atomic E-state index is 13.7. The topological polar surface area (TPSA) is 72.0 Å². The third kappa shape index (κ3) is 3.79. The fraction of sp³-hybridized carbons (Fsp3) is 0.538. The Labute approximate surface area is 184 Å². The maximum atomic E-state index is 13.7. The highest BCUT2D eigenvalue weighted by Crippen LogP contribution is 2.46. The molecule has 2 aliphatic rings. The van der Waals surface area contributed by atoms with Crippen LogP contribution in [0.1, 0.15) is 70.6 Å². The average Bonchev–Trinajstić information content (AvgIpc) is 3.44. The van der Waals surface area contributed by atoms with Gasteiger partial charge in [-0.3, -0.25) is 4.79 Å². The van der Waals surface area contributed by atoms with E-state index in [0.717, 1.165) is 25.7 Å². The molecule has 0 unspecified atom stereocenters. The summed E-state index contributed by atoms with van der Waals surface area (Å²) in [4.78, 5) is 13.7. The molecule has 31 heavy (non-hydrogen) atoms. The molecule has 0 radical (unpaired) electrons. The van der Waals surface area contributed by atoms with Crippen LogP contribution in [0.3, 0.4) is 0 Å². The summed E-state index contributed by atoms with van der Waals surface area (Å²) >= 11 is 0. The van der Waals surface area contributed by atoms with Gasteiger partial charge in [-0.1, -0.05) is 62.7 Å². The summed E-state index contributed by atoms with van der Waals surface area (Å²) in [6.45, 7) is 6.73.